The second kappa shape index (κ2) is 6.08. The largest absolute Gasteiger partial charge is 0.480 e. The van der Waals surface area contributed by atoms with E-state index < -0.39 is 11.5 Å². The third-order valence-corrected chi connectivity index (χ3v) is 3.09. The summed E-state index contributed by atoms with van der Waals surface area (Å²) in [6, 6.07) is 0.510. The van der Waals surface area contributed by atoms with Crippen LogP contribution in [0.1, 0.15) is 33.6 Å². The molecule has 0 aromatic rings. The Bertz CT molecular complexity index is 207. The lowest BCUT2D eigenvalue weighted by Crippen LogP contribution is -2.47. The normalized spacial score (nSPS) is 15.7. The number of nitrogens with one attached hydrogen (secondary N) is 1. The fraction of sp³-hybridized carbons (Fsp3) is 0.909. The zero-order valence-corrected chi connectivity index (χ0v) is 10.5. The molecule has 0 saturated carbocycles. The number of likely N-dealkylation sites (N-methyl/N-ethyl adjacent to an activating group) is 1. The van der Waals surface area contributed by atoms with E-state index in [1.54, 1.807) is 14.0 Å². The van der Waals surface area contributed by atoms with Gasteiger partial charge in [-0.2, -0.15) is 0 Å². The number of carboxylic acids is 1. The highest BCUT2D eigenvalue weighted by molar-refractivity contribution is 5.78. The van der Waals surface area contributed by atoms with Gasteiger partial charge in [-0.3, -0.25) is 4.79 Å². The summed E-state index contributed by atoms with van der Waals surface area (Å²) >= 11 is 0. The van der Waals surface area contributed by atoms with E-state index in [1.165, 1.54) is 0 Å². The molecule has 15 heavy (non-hydrogen) atoms. The topological polar surface area (TPSA) is 52.6 Å². The lowest BCUT2D eigenvalue weighted by Gasteiger charge is -2.26. The van der Waals surface area contributed by atoms with Crippen LogP contribution in [0.25, 0.3) is 0 Å². The Kier molecular flexibility index (Phi) is 5.83. The summed E-state index contributed by atoms with van der Waals surface area (Å²) in [6.07, 6.45) is 1.54. The first-order chi connectivity index (χ1) is 6.83. The van der Waals surface area contributed by atoms with Crippen LogP contribution in [0.2, 0.25) is 0 Å². The van der Waals surface area contributed by atoms with Gasteiger partial charge in [0.05, 0.1) is 0 Å². The fourth-order valence-corrected chi connectivity index (χ4v) is 1.28. The number of aliphatic carboxylic acids is 1. The Morgan fingerprint density at radius 2 is 2.07 bits per heavy atom. The fourth-order valence-electron chi connectivity index (χ4n) is 1.28. The van der Waals surface area contributed by atoms with Crippen LogP contribution in [0, 0.1) is 0 Å². The van der Waals surface area contributed by atoms with Gasteiger partial charge < -0.3 is 15.3 Å². The lowest BCUT2D eigenvalue weighted by molar-refractivity contribution is -0.144. The quantitative estimate of drug-likeness (QED) is 0.671. The van der Waals surface area contributed by atoms with Crippen LogP contribution in [0.15, 0.2) is 0 Å². The molecule has 0 heterocycles. The number of carboxylic acid groups (broad SMARTS) is 1. The van der Waals surface area contributed by atoms with Gasteiger partial charge in [0.15, 0.2) is 0 Å². The zero-order valence-electron chi connectivity index (χ0n) is 10.5. The average Bonchev–Trinajstić information content (AvgIpc) is 2.16. The number of hydrogen-bond acceptors (Lipinski definition) is 3. The summed E-state index contributed by atoms with van der Waals surface area (Å²) in [5.74, 6) is -0.780. The number of rotatable bonds is 7. The van der Waals surface area contributed by atoms with Gasteiger partial charge in [-0.15, -0.1) is 0 Å². The van der Waals surface area contributed by atoms with Gasteiger partial charge in [-0.1, -0.05) is 0 Å². The molecule has 0 aromatic carbocycles. The van der Waals surface area contributed by atoms with Crippen molar-refractivity contribution in [2.45, 2.75) is 45.2 Å². The number of carbonyl (C=O) groups is 1. The van der Waals surface area contributed by atoms with Gasteiger partial charge in [0.2, 0.25) is 0 Å². The maximum atomic E-state index is 11.0. The van der Waals surface area contributed by atoms with Crippen LogP contribution in [-0.2, 0) is 4.79 Å². The molecule has 4 heteroatoms. The van der Waals surface area contributed by atoms with Crippen LogP contribution in [0.3, 0.4) is 0 Å². The van der Waals surface area contributed by atoms with E-state index in [0.29, 0.717) is 12.5 Å². The molecule has 0 amide bonds. The zero-order chi connectivity index (χ0) is 12.1. The van der Waals surface area contributed by atoms with E-state index in [9.17, 15) is 4.79 Å². The van der Waals surface area contributed by atoms with Crippen molar-refractivity contribution in [2.24, 2.45) is 0 Å². The second-order valence-corrected chi connectivity index (χ2v) is 4.57. The van der Waals surface area contributed by atoms with Crippen LogP contribution in [-0.4, -0.2) is 48.2 Å². The minimum absolute atomic E-state index is 0.510. The Labute approximate surface area is 92.7 Å². The lowest BCUT2D eigenvalue weighted by atomic mass is 9.96. The van der Waals surface area contributed by atoms with E-state index in [0.717, 1.165) is 13.0 Å². The molecule has 1 unspecified atom stereocenters. The highest BCUT2D eigenvalue weighted by Crippen LogP contribution is 2.12. The molecular weight excluding hydrogens is 192 g/mol. The summed E-state index contributed by atoms with van der Waals surface area (Å²) in [4.78, 5) is 13.2. The summed E-state index contributed by atoms with van der Waals surface area (Å²) in [5, 5.41) is 11.9. The van der Waals surface area contributed by atoms with Gasteiger partial charge in [0, 0.05) is 6.04 Å². The van der Waals surface area contributed by atoms with E-state index in [-0.39, 0.29) is 0 Å². The Morgan fingerprint density at radius 1 is 1.53 bits per heavy atom. The highest BCUT2D eigenvalue weighted by Gasteiger charge is 2.30. The Balaban J connectivity index is 3.98. The Morgan fingerprint density at radius 3 is 2.40 bits per heavy atom. The van der Waals surface area contributed by atoms with Crippen molar-refractivity contribution >= 4 is 5.97 Å². The minimum atomic E-state index is -0.794. The molecule has 90 valence electrons. The van der Waals surface area contributed by atoms with Crippen molar-refractivity contribution in [1.29, 1.82) is 0 Å². The molecule has 4 nitrogen and oxygen atoms in total. The van der Waals surface area contributed by atoms with Crippen LogP contribution in [0.4, 0.5) is 0 Å². The van der Waals surface area contributed by atoms with Gasteiger partial charge in [0.25, 0.3) is 0 Å². The van der Waals surface area contributed by atoms with Crippen LogP contribution in [0.5, 0.6) is 0 Å². The predicted molar refractivity (Wildman–Crippen MR) is 62.1 cm³/mol. The molecular formula is C11H24N2O2. The van der Waals surface area contributed by atoms with Crippen molar-refractivity contribution in [3.8, 4) is 0 Å². The van der Waals surface area contributed by atoms with Crippen molar-refractivity contribution in [1.82, 2.24) is 10.2 Å². The van der Waals surface area contributed by atoms with Crippen molar-refractivity contribution in [2.75, 3.05) is 20.6 Å². The van der Waals surface area contributed by atoms with Crippen molar-refractivity contribution < 1.29 is 9.90 Å². The maximum absolute atomic E-state index is 11.0. The molecule has 0 fully saturated rings. The first-order valence-electron chi connectivity index (χ1n) is 5.46. The standard InChI is InChI=1S/C11H24N2O2/c1-9(2)13(5)8-6-7-11(3,12-4)10(14)15/h9,12H,6-8H2,1-5H3,(H,14,15). The molecule has 0 aliphatic carbocycles. The van der Waals surface area contributed by atoms with E-state index in [2.05, 4.69) is 31.1 Å². The van der Waals surface area contributed by atoms with Gasteiger partial charge in [-0.05, 0) is 54.3 Å². The molecule has 0 aliphatic rings. The summed E-state index contributed by atoms with van der Waals surface area (Å²) in [7, 11) is 3.75. The second-order valence-electron chi connectivity index (χ2n) is 4.57. The molecule has 0 saturated heterocycles. The first-order valence-corrected chi connectivity index (χ1v) is 5.46. The average molecular weight is 216 g/mol. The summed E-state index contributed by atoms with van der Waals surface area (Å²) in [6.45, 7) is 6.93. The number of nitrogens with zero attached hydrogens (tertiary/aromatic N) is 1. The van der Waals surface area contributed by atoms with E-state index in [4.69, 9.17) is 5.11 Å². The van der Waals surface area contributed by atoms with Gasteiger partial charge >= 0.3 is 5.97 Å². The molecule has 0 radical (unpaired) electrons. The van der Waals surface area contributed by atoms with E-state index >= 15 is 0 Å². The van der Waals surface area contributed by atoms with Crippen LogP contribution < -0.4 is 5.32 Å². The highest BCUT2D eigenvalue weighted by atomic mass is 16.4. The van der Waals surface area contributed by atoms with Gasteiger partial charge in [0.1, 0.15) is 5.54 Å². The predicted octanol–water partition coefficient (Wildman–Crippen LogP) is 1.17. The third-order valence-electron chi connectivity index (χ3n) is 3.09. The van der Waals surface area contributed by atoms with Crippen LogP contribution >= 0.6 is 0 Å². The molecule has 0 aromatic heterocycles. The third kappa shape index (κ3) is 4.62. The van der Waals surface area contributed by atoms with Crippen molar-refractivity contribution in [3.05, 3.63) is 0 Å². The monoisotopic (exact) mass is 216 g/mol. The molecule has 0 rings (SSSR count). The Hall–Kier alpha value is -0.610. The molecule has 0 spiro atoms. The first kappa shape index (κ1) is 14.4. The molecule has 2 N–H and O–H groups in total. The molecule has 0 bridgehead atoms. The summed E-state index contributed by atoms with van der Waals surface area (Å²) in [5.41, 5.74) is -0.794. The SMILES string of the molecule is CNC(C)(CCCN(C)C(C)C)C(=O)O. The van der Waals surface area contributed by atoms with Gasteiger partial charge in [-0.25, -0.2) is 0 Å². The molecule has 0 aliphatic heterocycles. The minimum Gasteiger partial charge on any atom is -0.480 e. The maximum Gasteiger partial charge on any atom is 0.323 e. The summed E-state index contributed by atoms with van der Waals surface area (Å²) < 4.78 is 0. The van der Waals surface area contributed by atoms with Crippen molar-refractivity contribution in [3.63, 3.8) is 0 Å². The smallest absolute Gasteiger partial charge is 0.323 e. The number of hydrogen-bond donors (Lipinski definition) is 2. The van der Waals surface area contributed by atoms with E-state index in [1.807, 2.05) is 0 Å². The molecule has 1 atom stereocenters.